The Morgan fingerprint density at radius 3 is 2.57 bits per heavy atom. The molecule has 0 unspecified atom stereocenters. The first-order chi connectivity index (χ1) is 10.1. The molecule has 0 heterocycles. The monoisotopic (exact) mass is 303 g/mol. The summed E-state index contributed by atoms with van der Waals surface area (Å²) in [6.45, 7) is 1.70. The minimum atomic E-state index is -0.321. The number of hydrogen-bond donors (Lipinski definition) is 2. The molecule has 0 bridgehead atoms. The highest BCUT2D eigenvalue weighted by Gasteiger charge is 2.16. The van der Waals surface area contributed by atoms with Gasteiger partial charge >= 0.3 is 0 Å². The van der Waals surface area contributed by atoms with Crippen molar-refractivity contribution in [2.45, 2.75) is 19.4 Å². The summed E-state index contributed by atoms with van der Waals surface area (Å²) in [5.74, 6) is -0.218. The number of aliphatic hydroxyl groups excluding tert-OH is 1. The Morgan fingerprint density at radius 1 is 1.19 bits per heavy atom. The fraction of sp³-hybridized carbons (Fsp3) is 0.235. The van der Waals surface area contributed by atoms with Gasteiger partial charge in [0.25, 0.3) is 5.91 Å². The van der Waals surface area contributed by atoms with Gasteiger partial charge in [-0.05, 0) is 36.6 Å². The van der Waals surface area contributed by atoms with Crippen molar-refractivity contribution >= 4 is 17.5 Å². The van der Waals surface area contributed by atoms with Crippen molar-refractivity contribution in [3.05, 3.63) is 70.2 Å². The Balaban J connectivity index is 2.08. The minimum Gasteiger partial charge on any atom is -0.394 e. The molecule has 21 heavy (non-hydrogen) atoms. The van der Waals surface area contributed by atoms with Gasteiger partial charge in [0.2, 0.25) is 0 Å². The summed E-state index contributed by atoms with van der Waals surface area (Å²) in [6, 6.07) is 14.7. The number of carbonyl (C=O) groups excluding carboxylic acids is 1. The van der Waals surface area contributed by atoms with E-state index < -0.39 is 0 Å². The average Bonchev–Trinajstić information content (AvgIpc) is 2.50. The second-order valence-corrected chi connectivity index (χ2v) is 5.36. The standard InChI is InChI=1S/C17H18ClNO2/c1-12-15(8-5-9-16(12)18)17(21)19-14(11-20)10-13-6-3-2-4-7-13/h2-9,14,20H,10-11H2,1H3,(H,19,21)/t14-/m1/s1. The van der Waals surface area contributed by atoms with Crippen LogP contribution >= 0.6 is 11.6 Å². The highest BCUT2D eigenvalue weighted by atomic mass is 35.5. The lowest BCUT2D eigenvalue weighted by molar-refractivity contribution is 0.0916. The van der Waals surface area contributed by atoms with Gasteiger partial charge in [0, 0.05) is 10.6 Å². The molecule has 0 saturated heterocycles. The van der Waals surface area contributed by atoms with Crippen LogP contribution in [0, 0.1) is 6.92 Å². The molecule has 1 amide bonds. The number of aliphatic hydroxyl groups is 1. The van der Waals surface area contributed by atoms with Gasteiger partial charge < -0.3 is 10.4 Å². The lowest BCUT2D eigenvalue weighted by Crippen LogP contribution is -2.39. The molecule has 0 aliphatic rings. The summed E-state index contributed by atoms with van der Waals surface area (Å²) in [7, 11) is 0. The second-order valence-electron chi connectivity index (χ2n) is 4.96. The van der Waals surface area contributed by atoms with E-state index in [0.29, 0.717) is 17.0 Å². The smallest absolute Gasteiger partial charge is 0.251 e. The van der Waals surface area contributed by atoms with Gasteiger partial charge in [-0.2, -0.15) is 0 Å². The first-order valence-electron chi connectivity index (χ1n) is 6.82. The molecule has 2 rings (SSSR count). The van der Waals surface area contributed by atoms with Crippen LogP contribution in [0.1, 0.15) is 21.5 Å². The third-order valence-corrected chi connectivity index (χ3v) is 3.80. The van der Waals surface area contributed by atoms with Gasteiger partial charge in [0.1, 0.15) is 0 Å². The summed E-state index contributed by atoms with van der Waals surface area (Å²) in [5, 5.41) is 12.9. The zero-order chi connectivity index (χ0) is 15.2. The quantitative estimate of drug-likeness (QED) is 0.892. The van der Waals surface area contributed by atoms with E-state index >= 15 is 0 Å². The van der Waals surface area contributed by atoms with Gasteiger partial charge in [-0.25, -0.2) is 0 Å². The zero-order valence-electron chi connectivity index (χ0n) is 11.8. The van der Waals surface area contributed by atoms with E-state index in [1.54, 1.807) is 18.2 Å². The fourth-order valence-corrected chi connectivity index (χ4v) is 2.35. The third-order valence-electron chi connectivity index (χ3n) is 3.39. The molecule has 0 aliphatic heterocycles. The van der Waals surface area contributed by atoms with Crippen LogP contribution in [0.2, 0.25) is 5.02 Å². The first kappa shape index (κ1) is 15.5. The van der Waals surface area contributed by atoms with Gasteiger partial charge in [-0.15, -0.1) is 0 Å². The molecular formula is C17H18ClNO2. The fourth-order valence-electron chi connectivity index (χ4n) is 2.18. The zero-order valence-corrected chi connectivity index (χ0v) is 12.6. The van der Waals surface area contributed by atoms with Crippen LogP contribution in [0.15, 0.2) is 48.5 Å². The van der Waals surface area contributed by atoms with Crippen molar-refractivity contribution in [1.82, 2.24) is 5.32 Å². The van der Waals surface area contributed by atoms with Gasteiger partial charge in [-0.1, -0.05) is 48.0 Å². The van der Waals surface area contributed by atoms with E-state index in [-0.39, 0.29) is 18.6 Å². The summed E-state index contributed by atoms with van der Waals surface area (Å²) < 4.78 is 0. The SMILES string of the molecule is Cc1c(Cl)cccc1C(=O)N[C@@H](CO)Cc1ccccc1. The van der Waals surface area contributed by atoms with Crippen molar-refractivity contribution in [2.75, 3.05) is 6.61 Å². The van der Waals surface area contributed by atoms with Crippen LogP contribution in [0.3, 0.4) is 0 Å². The first-order valence-corrected chi connectivity index (χ1v) is 7.20. The van der Waals surface area contributed by atoms with Gasteiger partial charge in [-0.3, -0.25) is 4.79 Å². The maximum atomic E-state index is 12.3. The number of amides is 1. The van der Waals surface area contributed by atoms with Gasteiger partial charge in [0.15, 0.2) is 0 Å². The predicted molar refractivity (Wildman–Crippen MR) is 84.7 cm³/mol. The average molecular weight is 304 g/mol. The van der Waals surface area contributed by atoms with E-state index in [0.717, 1.165) is 11.1 Å². The maximum absolute atomic E-state index is 12.3. The third kappa shape index (κ3) is 4.06. The normalized spacial score (nSPS) is 12.0. The summed E-state index contributed by atoms with van der Waals surface area (Å²) in [5.41, 5.74) is 2.35. The van der Waals surface area contributed by atoms with E-state index in [2.05, 4.69) is 5.32 Å². The molecule has 1 atom stereocenters. The largest absolute Gasteiger partial charge is 0.394 e. The van der Waals surface area contributed by atoms with Crippen LogP contribution in [-0.4, -0.2) is 23.7 Å². The molecule has 2 aromatic rings. The molecule has 0 saturated carbocycles. The molecule has 0 aliphatic carbocycles. The van der Waals surface area contributed by atoms with Crippen LogP contribution in [-0.2, 0) is 6.42 Å². The lowest BCUT2D eigenvalue weighted by atomic mass is 10.0. The number of carbonyl (C=O) groups is 1. The molecule has 110 valence electrons. The van der Waals surface area contributed by atoms with Crippen molar-refractivity contribution < 1.29 is 9.90 Å². The molecule has 0 fully saturated rings. The number of nitrogens with one attached hydrogen (secondary N) is 1. The summed E-state index contributed by atoms with van der Waals surface area (Å²) >= 11 is 6.03. The van der Waals surface area contributed by atoms with E-state index in [4.69, 9.17) is 11.6 Å². The van der Waals surface area contributed by atoms with Crippen LogP contribution in [0.25, 0.3) is 0 Å². The van der Waals surface area contributed by atoms with Gasteiger partial charge in [0.05, 0.1) is 12.6 Å². The van der Waals surface area contributed by atoms with Crippen molar-refractivity contribution in [1.29, 1.82) is 0 Å². The van der Waals surface area contributed by atoms with Crippen molar-refractivity contribution in [3.63, 3.8) is 0 Å². The Kier molecular flexibility index (Phi) is 5.37. The molecule has 2 aromatic carbocycles. The molecule has 2 N–H and O–H groups in total. The highest BCUT2D eigenvalue weighted by Crippen LogP contribution is 2.18. The number of hydrogen-bond acceptors (Lipinski definition) is 2. The summed E-state index contributed by atoms with van der Waals surface area (Å²) in [4.78, 5) is 12.3. The minimum absolute atomic E-state index is 0.111. The number of rotatable bonds is 5. The van der Waals surface area contributed by atoms with Crippen LogP contribution in [0.4, 0.5) is 0 Å². The van der Waals surface area contributed by atoms with E-state index in [1.165, 1.54) is 0 Å². The van der Waals surface area contributed by atoms with E-state index in [9.17, 15) is 9.90 Å². The molecule has 0 radical (unpaired) electrons. The predicted octanol–water partition coefficient (Wildman–Crippen LogP) is 2.98. The molecule has 0 spiro atoms. The highest BCUT2D eigenvalue weighted by molar-refractivity contribution is 6.31. The lowest BCUT2D eigenvalue weighted by Gasteiger charge is -2.17. The summed E-state index contributed by atoms with van der Waals surface area (Å²) in [6.07, 6.45) is 0.586. The Bertz CT molecular complexity index is 613. The Morgan fingerprint density at radius 2 is 1.90 bits per heavy atom. The Hall–Kier alpha value is -1.84. The van der Waals surface area contributed by atoms with Crippen molar-refractivity contribution in [2.24, 2.45) is 0 Å². The second kappa shape index (κ2) is 7.25. The van der Waals surface area contributed by atoms with Crippen molar-refractivity contribution in [3.8, 4) is 0 Å². The molecular weight excluding hydrogens is 286 g/mol. The molecule has 0 aromatic heterocycles. The molecule has 4 heteroatoms. The topological polar surface area (TPSA) is 49.3 Å². The number of halogens is 1. The van der Waals surface area contributed by atoms with Crippen LogP contribution < -0.4 is 5.32 Å². The maximum Gasteiger partial charge on any atom is 0.251 e. The van der Waals surface area contributed by atoms with E-state index in [1.807, 2.05) is 37.3 Å². The van der Waals surface area contributed by atoms with Crippen LogP contribution in [0.5, 0.6) is 0 Å². The Labute approximate surface area is 129 Å². The molecule has 3 nitrogen and oxygen atoms in total. The number of benzene rings is 2.